The van der Waals surface area contributed by atoms with Gasteiger partial charge in [-0.3, -0.25) is 4.79 Å². The van der Waals surface area contributed by atoms with E-state index in [1.165, 1.54) is 5.56 Å². The highest BCUT2D eigenvalue weighted by molar-refractivity contribution is 9.10. The van der Waals surface area contributed by atoms with Crippen molar-refractivity contribution >= 4 is 21.7 Å². The second-order valence-electron chi connectivity index (χ2n) is 5.54. The van der Waals surface area contributed by atoms with Crippen molar-refractivity contribution in [2.75, 3.05) is 0 Å². The van der Waals surface area contributed by atoms with Gasteiger partial charge in [0.15, 0.2) is 5.78 Å². The number of halogens is 1. The lowest BCUT2D eigenvalue weighted by Gasteiger charge is -2.37. The van der Waals surface area contributed by atoms with E-state index >= 15 is 0 Å². The number of benzene rings is 2. The van der Waals surface area contributed by atoms with Crippen LogP contribution in [0.15, 0.2) is 53.0 Å². The van der Waals surface area contributed by atoms with Crippen LogP contribution in [-0.2, 0) is 6.42 Å². The molecule has 2 nitrogen and oxygen atoms in total. The lowest BCUT2D eigenvalue weighted by molar-refractivity contribution is 0.0378. The molecule has 0 saturated carbocycles. The van der Waals surface area contributed by atoms with Gasteiger partial charge < -0.3 is 4.74 Å². The molecule has 0 bridgehead atoms. The molecule has 0 amide bonds. The summed E-state index contributed by atoms with van der Waals surface area (Å²) in [6.45, 7) is 2.08. The van der Waals surface area contributed by atoms with Crippen LogP contribution in [0.25, 0.3) is 0 Å². The van der Waals surface area contributed by atoms with Gasteiger partial charge in [-0.05, 0) is 30.2 Å². The Balaban J connectivity index is 1.96. The highest BCUT2D eigenvalue weighted by atomic mass is 79.9. The standard InChI is InChI=1S/C18H17BrO2/c1-2-18(11-13-6-4-3-5-7-13)12-16(20)15-9-8-14(19)10-17(15)21-18/h3-10H,2,11-12H2,1H3. The monoisotopic (exact) mass is 344 g/mol. The van der Waals surface area contributed by atoms with Gasteiger partial charge in [-0.15, -0.1) is 0 Å². The third kappa shape index (κ3) is 2.88. The van der Waals surface area contributed by atoms with E-state index < -0.39 is 5.60 Å². The van der Waals surface area contributed by atoms with Gasteiger partial charge in [0.05, 0.1) is 12.0 Å². The van der Waals surface area contributed by atoms with Crippen LogP contribution < -0.4 is 4.74 Å². The zero-order chi connectivity index (χ0) is 14.9. The van der Waals surface area contributed by atoms with Gasteiger partial charge in [-0.25, -0.2) is 0 Å². The van der Waals surface area contributed by atoms with Gasteiger partial charge in [0, 0.05) is 10.9 Å². The molecule has 3 heteroatoms. The Morgan fingerprint density at radius 1 is 1.19 bits per heavy atom. The lowest BCUT2D eigenvalue weighted by atomic mass is 9.83. The molecule has 1 unspecified atom stereocenters. The first kappa shape index (κ1) is 14.3. The summed E-state index contributed by atoms with van der Waals surface area (Å²) >= 11 is 3.45. The predicted octanol–water partition coefficient (Wildman–Crippen LogP) is 4.81. The first-order valence-corrected chi connectivity index (χ1v) is 7.97. The molecule has 0 spiro atoms. The van der Waals surface area contributed by atoms with Crippen LogP contribution in [0.4, 0.5) is 0 Å². The first-order valence-electron chi connectivity index (χ1n) is 7.17. The molecular weight excluding hydrogens is 328 g/mol. The molecule has 0 fully saturated rings. The summed E-state index contributed by atoms with van der Waals surface area (Å²) in [7, 11) is 0. The maximum atomic E-state index is 12.5. The molecule has 0 aromatic heterocycles. The lowest BCUT2D eigenvalue weighted by Crippen LogP contribution is -2.43. The maximum Gasteiger partial charge on any atom is 0.170 e. The van der Waals surface area contributed by atoms with Crippen molar-refractivity contribution in [1.29, 1.82) is 0 Å². The van der Waals surface area contributed by atoms with Crippen molar-refractivity contribution in [2.45, 2.75) is 31.8 Å². The molecule has 0 radical (unpaired) electrons. The van der Waals surface area contributed by atoms with E-state index in [0.717, 1.165) is 17.3 Å². The number of carbonyl (C=O) groups is 1. The van der Waals surface area contributed by atoms with E-state index in [0.29, 0.717) is 17.7 Å². The number of hydrogen-bond donors (Lipinski definition) is 0. The molecule has 1 aliphatic rings. The molecule has 1 aliphatic heterocycles. The minimum atomic E-state index is -0.438. The van der Waals surface area contributed by atoms with Crippen molar-refractivity contribution in [3.63, 3.8) is 0 Å². The Bertz CT molecular complexity index is 666. The molecular formula is C18H17BrO2. The fourth-order valence-electron chi connectivity index (χ4n) is 2.86. The fourth-order valence-corrected chi connectivity index (χ4v) is 3.20. The summed E-state index contributed by atoms with van der Waals surface area (Å²) in [5.74, 6) is 0.861. The van der Waals surface area contributed by atoms with Crippen LogP contribution in [0.5, 0.6) is 5.75 Å². The summed E-state index contributed by atoms with van der Waals surface area (Å²) in [5, 5.41) is 0. The van der Waals surface area contributed by atoms with Crippen molar-refractivity contribution in [3.05, 3.63) is 64.1 Å². The molecule has 0 saturated heterocycles. The van der Waals surface area contributed by atoms with E-state index in [1.807, 2.05) is 36.4 Å². The van der Waals surface area contributed by atoms with Gasteiger partial charge in [0.25, 0.3) is 0 Å². The molecule has 3 rings (SSSR count). The number of carbonyl (C=O) groups excluding carboxylic acids is 1. The summed E-state index contributed by atoms with van der Waals surface area (Å²) in [5.41, 5.74) is 1.45. The Labute approximate surface area is 133 Å². The Hall–Kier alpha value is -1.61. The van der Waals surface area contributed by atoms with E-state index in [2.05, 4.69) is 35.0 Å². The van der Waals surface area contributed by atoms with E-state index in [1.54, 1.807) is 0 Å². The second kappa shape index (κ2) is 5.64. The predicted molar refractivity (Wildman–Crippen MR) is 86.9 cm³/mol. The van der Waals surface area contributed by atoms with Crippen LogP contribution in [0.3, 0.4) is 0 Å². The Morgan fingerprint density at radius 3 is 2.67 bits per heavy atom. The highest BCUT2D eigenvalue weighted by Crippen LogP contribution is 2.38. The van der Waals surface area contributed by atoms with Crippen molar-refractivity contribution < 1.29 is 9.53 Å². The van der Waals surface area contributed by atoms with Gasteiger partial charge in [-0.2, -0.15) is 0 Å². The molecule has 21 heavy (non-hydrogen) atoms. The van der Waals surface area contributed by atoms with Crippen LogP contribution in [-0.4, -0.2) is 11.4 Å². The number of rotatable bonds is 3. The maximum absolute atomic E-state index is 12.5. The van der Waals surface area contributed by atoms with E-state index in [-0.39, 0.29) is 5.78 Å². The second-order valence-corrected chi connectivity index (χ2v) is 6.46. The minimum Gasteiger partial charge on any atom is -0.486 e. The average Bonchev–Trinajstić information content (AvgIpc) is 2.47. The molecule has 108 valence electrons. The third-order valence-electron chi connectivity index (χ3n) is 4.07. The van der Waals surface area contributed by atoms with Gasteiger partial charge in [0.1, 0.15) is 11.4 Å². The van der Waals surface area contributed by atoms with Crippen LogP contribution in [0, 0.1) is 0 Å². The van der Waals surface area contributed by atoms with E-state index in [9.17, 15) is 4.79 Å². The minimum absolute atomic E-state index is 0.168. The average molecular weight is 345 g/mol. The Morgan fingerprint density at radius 2 is 1.95 bits per heavy atom. The smallest absolute Gasteiger partial charge is 0.170 e. The molecule has 1 atom stereocenters. The van der Waals surface area contributed by atoms with Gasteiger partial charge >= 0.3 is 0 Å². The van der Waals surface area contributed by atoms with Gasteiger partial charge in [-0.1, -0.05) is 53.2 Å². The number of Topliss-reactive ketones (excluding diaryl/α,β-unsaturated/α-hetero) is 1. The molecule has 0 N–H and O–H groups in total. The third-order valence-corrected chi connectivity index (χ3v) is 4.56. The summed E-state index contributed by atoms with van der Waals surface area (Å²) in [4.78, 5) is 12.5. The normalized spacial score (nSPS) is 20.8. The number of ether oxygens (including phenoxy) is 1. The number of fused-ring (bicyclic) bond motifs is 1. The van der Waals surface area contributed by atoms with Crippen LogP contribution >= 0.6 is 15.9 Å². The van der Waals surface area contributed by atoms with Crippen molar-refractivity contribution in [3.8, 4) is 5.75 Å². The van der Waals surface area contributed by atoms with Crippen LogP contribution in [0.2, 0.25) is 0 Å². The molecule has 1 heterocycles. The highest BCUT2D eigenvalue weighted by Gasteiger charge is 2.39. The topological polar surface area (TPSA) is 26.3 Å². The summed E-state index contributed by atoms with van der Waals surface area (Å²) in [6, 6.07) is 15.8. The molecule has 2 aromatic rings. The number of hydrogen-bond acceptors (Lipinski definition) is 2. The fraction of sp³-hybridized carbons (Fsp3) is 0.278. The van der Waals surface area contributed by atoms with Crippen molar-refractivity contribution in [2.24, 2.45) is 0 Å². The zero-order valence-corrected chi connectivity index (χ0v) is 13.5. The first-order chi connectivity index (χ1) is 10.1. The zero-order valence-electron chi connectivity index (χ0n) is 11.9. The quantitative estimate of drug-likeness (QED) is 0.798. The summed E-state index contributed by atoms with van der Waals surface area (Å²) < 4.78 is 7.20. The van der Waals surface area contributed by atoms with Crippen LogP contribution in [0.1, 0.15) is 35.7 Å². The summed E-state index contributed by atoms with van der Waals surface area (Å²) in [6.07, 6.45) is 1.99. The van der Waals surface area contributed by atoms with E-state index in [4.69, 9.17) is 4.74 Å². The largest absolute Gasteiger partial charge is 0.486 e. The number of ketones is 1. The SMILES string of the molecule is CCC1(Cc2ccccc2)CC(=O)c2ccc(Br)cc2O1. The van der Waals surface area contributed by atoms with Crippen molar-refractivity contribution in [1.82, 2.24) is 0 Å². The molecule has 2 aromatic carbocycles. The van der Waals surface area contributed by atoms with Gasteiger partial charge in [0.2, 0.25) is 0 Å². The molecule has 0 aliphatic carbocycles. The Kier molecular flexibility index (Phi) is 3.85.